The molecule has 0 heterocycles. The first-order valence-corrected chi connectivity index (χ1v) is 4.26. The first-order valence-electron chi connectivity index (χ1n) is 4.26. The molecule has 0 radical (unpaired) electrons. The zero-order valence-corrected chi connectivity index (χ0v) is 6.51. The minimum absolute atomic E-state index is 0.793. The summed E-state index contributed by atoms with van der Waals surface area (Å²) < 4.78 is 0. The average molecular weight is 137 g/mol. The van der Waals surface area contributed by atoms with Gasteiger partial charge in [-0.3, -0.25) is 0 Å². The average Bonchev–Trinajstić information content (AvgIpc) is 1.92. The summed E-state index contributed by atoms with van der Waals surface area (Å²) in [5, 5.41) is 3.35. The van der Waals surface area contributed by atoms with Gasteiger partial charge in [0.2, 0.25) is 0 Å². The molecule has 1 fully saturated rings. The van der Waals surface area contributed by atoms with Crippen LogP contribution in [0.4, 0.5) is 0 Å². The van der Waals surface area contributed by atoms with Crippen molar-refractivity contribution in [2.24, 2.45) is 11.8 Å². The van der Waals surface area contributed by atoms with E-state index < -0.39 is 0 Å². The van der Waals surface area contributed by atoms with Crippen molar-refractivity contribution in [3.63, 3.8) is 0 Å². The van der Waals surface area contributed by atoms with Crippen molar-refractivity contribution in [3.05, 3.63) is 12.2 Å². The van der Waals surface area contributed by atoms with E-state index in [9.17, 15) is 0 Å². The van der Waals surface area contributed by atoms with Gasteiger partial charge in [-0.05, 0) is 38.1 Å². The van der Waals surface area contributed by atoms with Crippen LogP contribution >= 0.6 is 0 Å². The molecule has 0 amide bonds. The van der Waals surface area contributed by atoms with E-state index in [-0.39, 0.29) is 0 Å². The standard InChI is InChI=1S/C9H15N/c1-10-9-6-7-4-2-3-5-8(7)9/h3,5,7-10H,2,4,6H2,1H3/t7-,8-,9+/m0/s1. The predicted octanol–water partition coefficient (Wildman–Crippen LogP) is 1.56. The lowest BCUT2D eigenvalue weighted by Gasteiger charge is -2.45. The summed E-state index contributed by atoms with van der Waals surface area (Å²) in [5.74, 6) is 1.89. The van der Waals surface area contributed by atoms with Gasteiger partial charge in [0.25, 0.3) is 0 Å². The summed E-state index contributed by atoms with van der Waals surface area (Å²) in [4.78, 5) is 0. The highest BCUT2D eigenvalue weighted by Gasteiger charge is 2.38. The van der Waals surface area contributed by atoms with E-state index in [0.29, 0.717) is 0 Å². The topological polar surface area (TPSA) is 12.0 Å². The molecule has 0 aliphatic heterocycles. The molecule has 0 aromatic rings. The Bertz CT molecular complexity index is 151. The molecule has 0 saturated heterocycles. The number of rotatable bonds is 1. The van der Waals surface area contributed by atoms with Crippen LogP contribution in [0.2, 0.25) is 0 Å². The largest absolute Gasteiger partial charge is 0.316 e. The molecule has 2 aliphatic rings. The Kier molecular flexibility index (Phi) is 1.53. The van der Waals surface area contributed by atoms with Crippen LogP contribution in [0.15, 0.2) is 12.2 Å². The summed E-state index contributed by atoms with van der Waals surface area (Å²) >= 11 is 0. The van der Waals surface area contributed by atoms with Crippen LogP contribution in [0.5, 0.6) is 0 Å². The molecule has 1 nitrogen and oxygen atoms in total. The number of fused-ring (bicyclic) bond motifs is 1. The lowest BCUT2D eigenvalue weighted by atomic mass is 9.65. The van der Waals surface area contributed by atoms with Gasteiger partial charge in [-0.2, -0.15) is 0 Å². The normalized spacial score (nSPS) is 44.3. The molecule has 0 aromatic heterocycles. The Hall–Kier alpha value is -0.300. The highest BCUT2D eigenvalue weighted by molar-refractivity contribution is 5.08. The molecule has 0 aromatic carbocycles. The fraction of sp³-hybridized carbons (Fsp3) is 0.778. The van der Waals surface area contributed by atoms with Crippen molar-refractivity contribution < 1.29 is 0 Å². The maximum atomic E-state index is 3.35. The molecule has 0 spiro atoms. The van der Waals surface area contributed by atoms with Gasteiger partial charge in [-0.25, -0.2) is 0 Å². The molecule has 0 unspecified atom stereocenters. The highest BCUT2D eigenvalue weighted by atomic mass is 14.9. The molecule has 3 atom stereocenters. The Balaban J connectivity index is 2.00. The van der Waals surface area contributed by atoms with Crippen LogP contribution in [0.1, 0.15) is 19.3 Å². The van der Waals surface area contributed by atoms with Gasteiger partial charge in [0.1, 0.15) is 0 Å². The van der Waals surface area contributed by atoms with Crippen LogP contribution in [-0.4, -0.2) is 13.1 Å². The van der Waals surface area contributed by atoms with Crippen molar-refractivity contribution in [3.8, 4) is 0 Å². The Morgan fingerprint density at radius 3 is 3.10 bits per heavy atom. The quantitative estimate of drug-likeness (QED) is 0.541. The minimum atomic E-state index is 0.793. The monoisotopic (exact) mass is 137 g/mol. The van der Waals surface area contributed by atoms with Gasteiger partial charge in [0.05, 0.1) is 0 Å². The zero-order chi connectivity index (χ0) is 6.97. The Labute approximate surface area is 62.5 Å². The lowest BCUT2D eigenvalue weighted by Crippen LogP contribution is -2.48. The number of allylic oxidation sites excluding steroid dienone is 1. The molecule has 2 rings (SSSR count). The first-order chi connectivity index (χ1) is 4.92. The molecule has 1 saturated carbocycles. The molecule has 0 bridgehead atoms. The van der Waals surface area contributed by atoms with E-state index in [1.54, 1.807) is 0 Å². The van der Waals surface area contributed by atoms with Crippen LogP contribution in [0.3, 0.4) is 0 Å². The molecular formula is C9H15N. The smallest absolute Gasteiger partial charge is 0.0132 e. The summed E-state index contributed by atoms with van der Waals surface area (Å²) in [6.07, 6.45) is 8.89. The van der Waals surface area contributed by atoms with Gasteiger partial charge in [-0.1, -0.05) is 12.2 Å². The summed E-state index contributed by atoms with van der Waals surface area (Å²) in [5.41, 5.74) is 0. The molecule has 2 aliphatic carbocycles. The summed E-state index contributed by atoms with van der Waals surface area (Å²) in [6, 6.07) is 0.793. The van der Waals surface area contributed by atoms with Crippen LogP contribution < -0.4 is 5.32 Å². The summed E-state index contributed by atoms with van der Waals surface area (Å²) in [6.45, 7) is 0. The van der Waals surface area contributed by atoms with E-state index in [4.69, 9.17) is 0 Å². The Morgan fingerprint density at radius 1 is 1.50 bits per heavy atom. The van der Waals surface area contributed by atoms with Gasteiger partial charge in [0, 0.05) is 6.04 Å². The number of hydrogen-bond donors (Lipinski definition) is 1. The molecule has 1 heteroatoms. The van der Waals surface area contributed by atoms with Crippen molar-refractivity contribution in [2.75, 3.05) is 7.05 Å². The van der Waals surface area contributed by atoms with Crippen molar-refractivity contribution in [1.29, 1.82) is 0 Å². The van der Waals surface area contributed by atoms with Gasteiger partial charge < -0.3 is 5.32 Å². The second kappa shape index (κ2) is 2.39. The fourth-order valence-corrected chi connectivity index (χ4v) is 2.25. The van der Waals surface area contributed by atoms with Crippen LogP contribution in [0.25, 0.3) is 0 Å². The van der Waals surface area contributed by atoms with Gasteiger partial charge in [0.15, 0.2) is 0 Å². The third kappa shape index (κ3) is 0.807. The van der Waals surface area contributed by atoms with E-state index in [2.05, 4.69) is 24.5 Å². The van der Waals surface area contributed by atoms with Gasteiger partial charge in [-0.15, -0.1) is 0 Å². The molecule has 1 N–H and O–H groups in total. The lowest BCUT2D eigenvalue weighted by molar-refractivity contribution is 0.138. The van der Waals surface area contributed by atoms with Crippen LogP contribution in [-0.2, 0) is 0 Å². The fourth-order valence-electron chi connectivity index (χ4n) is 2.25. The van der Waals surface area contributed by atoms with Gasteiger partial charge >= 0.3 is 0 Å². The summed E-state index contributed by atoms with van der Waals surface area (Å²) in [7, 11) is 2.07. The van der Waals surface area contributed by atoms with E-state index in [1.807, 2.05) is 0 Å². The van der Waals surface area contributed by atoms with Crippen molar-refractivity contribution in [2.45, 2.75) is 25.3 Å². The van der Waals surface area contributed by atoms with Crippen molar-refractivity contribution >= 4 is 0 Å². The maximum absolute atomic E-state index is 3.35. The van der Waals surface area contributed by atoms with E-state index >= 15 is 0 Å². The SMILES string of the molecule is CN[C@@H]1C[C@@H]2CCC=C[C@@H]21. The predicted molar refractivity (Wildman–Crippen MR) is 42.8 cm³/mol. The second-order valence-electron chi connectivity index (χ2n) is 3.47. The first kappa shape index (κ1) is 6.41. The molecule has 10 heavy (non-hydrogen) atoms. The number of nitrogens with one attached hydrogen (secondary N) is 1. The second-order valence-corrected chi connectivity index (χ2v) is 3.47. The molecule has 56 valence electrons. The third-order valence-corrected chi connectivity index (χ3v) is 3.00. The number of hydrogen-bond acceptors (Lipinski definition) is 1. The van der Waals surface area contributed by atoms with E-state index in [0.717, 1.165) is 17.9 Å². The Morgan fingerprint density at radius 2 is 2.40 bits per heavy atom. The highest BCUT2D eigenvalue weighted by Crippen LogP contribution is 2.41. The van der Waals surface area contributed by atoms with Crippen molar-refractivity contribution in [1.82, 2.24) is 5.32 Å². The molecular weight excluding hydrogens is 122 g/mol. The zero-order valence-electron chi connectivity index (χ0n) is 6.51. The maximum Gasteiger partial charge on any atom is 0.0132 e. The van der Waals surface area contributed by atoms with Crippen LogP contribution in [0, 0.1) is 11.8 Å². The van der Waals surface area contributed by atoms with E-state index in [1.165, 1.54) is 19.3 Å². The minimum Gasteiger partial charge on any atom is -0.316 e. The third-order valence-electron chi connectivity index (χ3n) is 3.00.